The lowest BCUT2D eigenvalue weighted by atomic mass is 10.4. The molecule has 1 aliphatic rings. The summed E-state index contributed by atoms with van der Waals surface area (Å²) in [7, 11) is -2.13. The zero-order chi connectivity index (χ0) is 11.0. The molecule has 0 atom stereocenters. The maximum atomic E-state index is 2.52. The molecule has 0 saturated carbocycles. The van der Waals surface area contributed by atoms with Crippen molar-refractivity contribution in [3.8, 4) is 0 Å². The number of rotatable bonds is 0. The van der Waals surface area contributed by atoms with Crippen molar-refractivity contribution in [1.29, 1.82) is 0 Å². The topological polar surface area (TPSA) is 0 Å². The average Bonchev–Trinajstić information content (AvgIpc) is 2.09. The molecule has 0 unspecified atom stereocenters. The van der Waals surface area contributed by atoms with E-state index < -0.39 is 16.1 Å². The van der Waals surface area contributed by atoms with Crippen LogP contribution in [-0.4, -0.2) is 16.1 Å². The molecule has 1 rings (SSSR count). The number of hydrogen-bond donors (Lipinski definition) is 0. The predicted molar refractivity (Wildman–Crippen MR) is 72.1 cm³/mol. The molecule has 0 amide bonds. The van der Waals surface area contributed by atoms with Gasteiger partial charge in [-0.3, -0.25) is 0 Å². The largest absolute Gasteiger partial charge is 0.0885 e. The smallest absolute Gasteiger partial charge is 0.0797 e. The molecule has 1 saturated heterocycles. The van der Waals surface area contributed by atoms with Crippen LogP contribution in [0.5, 0.6) is 0 Å². The molecule has 0 aromatic rings. The molecule has 0 bridgehead atoms. The minimum Gasteiger partial charge on any atom is -0.0885 e. The van der Waals surface area contributed by atoms with Crippen molar-refractivity contribution < 1.29 is 0 Å². The molecule has 0 aromatic heterocycles. The standard InChI is InChI=1S/C12H24Si2/c1-7-11-12(8-2)14(5,6)10-9-13(11,3)4/h7-8H,9-10H2,1-6H3/b11-7+,12-8?. The first kappa shape index (κ1) is 12.0. The lowest BCUT2D eigenvalue weighted by molar-refractivity contribution is 1.22. The van der Waals surface area contributed by atoms with Crippen molar-refractivity contribution in [3.05, 3.63) is 22.5 Å². The van der Waals surface area contributed by atoms with Crippen LogP contribution in [0.2, 0.25) is 38.3 Å². The summed E-state index contributed by atoms with van der Waals surface area (Å²) < 4.78 is 0. The molecule has 0 N–H and O–H groups in total. The Bertz CT molecular complexity index is 253. The summed E-state index contributed by atoms with van der Waals surface area (Å²) in [4.78, 5) is 0. The van der Waals surface area contributed by atoms with Gasteiger partial charge in [0.25, 0.3) is 0 Å². The van der Waals surface area contributed by atoms with E-state index in [9.17, 15) is 0 Å². The van der Waals surface area contributed by atoms with E-state index in [4.69, 9.17) is 0 Å². The summed E-state index contributed by atoms with van der Waals surface area (Å²) in [6.45, 7) is 14.5. The van der Waals surface area contributed by atoms with Crippen molar-refractivity contribution in [2.45, 2.75) is 52.1 Å². The van der Waals surface area contributed by atoms with Crippen LogP contribution >= 0.6 is 0 Å². The lowest BCUT2D eigenvalue weighted by Crippen LogP contribution is -2.45. The normalized spacial score (nSPS) is 31.0. The van der Waals surface area contributed by atoms with Gasteiger partial charge in [0, 0.05) is 0 Å². The summed E-state index contributed by atoms with van der Waals surface area (Å²) in [5.74, 6) is 0. The van der Waals surface area contributed by atoms with Gasteiger partial charge in [-0.15, -0.1) is 0 Å². The highest BCUT2D eigenvalue weighted by Crippen LogP contribution is 2.41. The van der Waals surface area contributed by atoms with E-state index in [2.05, 4.69) is 52.2 Å². The Morgan fingerprint density at radius 3 is 1.29 bits per heavy atom. The maximum absolute atomic E-state index is 2.52. The molecule has 0 spiro atoms. The molecule has 1 heterocycles. The molecular formula is C12H24Si2. The second-order valence-corrected chi connectivity index (χ2v) is 15.3. The van der Waals surface area contributed by atoms with E-state index in [-0.39, 0.29) is 0 Å². The quantitative estimate of drug-likeness (QED) is 0.535. The third-order valence-electron chi connectivity index (χ3n) is 3.70. The summed E-state index contributed by atoms with van der Waals surface area (Å²) in [6.07, 6.45) is 4.80. The fraction of sp³-hybridized carbons (Fsp3) is 0.667. The van der Waals surface area contributed by atoms with Crippen molar-refractivity contribution >= 4 is 16.1 Å². The van der Waals surface area contributed by atoms with Gasteiger partial charge in [0.15, 0.2) is 0 Å². The minimum atomic E-state index is -1.07. The second-order valence-electron chi connectivity index (χ2n) is 5.67. The van der Waals surface area contributed by atoms with Crippen LogP contribution in [0.1, 0.15) is 13.8 Å². The van der Waals surface area contributed by atoms with Crippen LogP contribution in [0.15, 0.2) is 22.5 Å². The molecule has 14 heavy (non-hydrogen) atoms. The van der Waals surface area contributed by atoms with E-state index >= 15 is 0 Å². The van der Waals surface area contributed by atoms with Crippen molar-refractivity contribution in [3.63, 3.8) is 0 Å². The maximum Gasteiger partial charge on any atom is 0.0797 e. The first-order valence-electron chi connectivity index (χ1n) is 5.69. The first-order chi connectivity index (χ1) is 6.35. The summed E-state index contributed by atoms with van der Waals surface area (Å²) in [5, 5.41) is 3.51. The number of hydrogen-bond acceptors (Lipinski definition) is 0. The molecule has 80 valence electrons. The minimum absolute atomic E-state index is 1.07. The van der Waals surface area contributed by atoms with Crippen LogP contribution in [0.3, 0.4) is 0 Å². The molecule has 0 nitrogen and oxygen atoms in total. The van der Waals surface area contributed by atoms with Gasteiger partial charge in [0.1, 0.15) is 0 Å². The van der Waals surface area contributed by atoms with Crippen LogP contribution < -0.4 is 0 Å². The van der Waals surface area contributed by atoms with Gasteiger partial charge in [-0.2, -0.15) is 0 Å². The molecule has 0 aromatic carbocycles. The fourth-order valence-electron chi connectivity index (χ4n) is 2.72. The molecular weight excluding hydrogens is 200 g/mol. The van der Waals surface area contributed by atoms with Gasteiger partial charge in [-0.25, -0.2) is 0 Å². The van der Waals surface area contributed by atoms with Crippen LogP contribution in [0.25, 0.3) is 0 Å². The van der Waals surface area contributed by atoms with Gasteiger partial charge in [-0.05, 0) is 13.8 Å². The van der Waals surface area contributed by atoms with Crippen molar-refractivity contribution in [2.24, 2.45) is 0 Å². The van der Waals surface area contributed by atoms with Crippen LogP contribution in [-0.2, 0) is 0 Å². The fourth-order valence-corrected chi connectivity index (χ4v) is 13.6. The Balaban J connectivity index is 3.18. The van der Waals surface area contributed by atoms with Gasteiger partial charge >= 0.3 is 0 Å². The highest BCUT2D eigenvalue weighted by Gasteiger charge is 2.41. The number of allylic oxidation sites excluding steroid dienone is 4. The zero-order valence-electron chi connectivity index (χ0n) is 10.6. The highest BCUT2D eigenvalue weighted by molar-refractivity contribution is 6.97. The van der Waals surface area contributed by atoms with E-state index in [0.717, 1.165) is 0 Å². The predicted octanol–water partition coefficient (Wildman–Crippen LogP) is 4.39. The Kier molecular flexibility index (Phi) is 3.27. The van der Waals surface area contributed by atoms with E-state index in [1.807, 2.05) is 0 Å². The van der Waals surface area contributed by atoms with Gasteiger partial charge in [0.2, 0.25) is 0 Å². The molecule has 0 radical (unpaired) electrons. The SMILES string of the molecule is CC=C1/C(=C\C)[Si](C)(C)CC[Si]1(C)C. The monoisotopic (exact) mass is 224 g/mol. The summed E-state index contributed by atoms with van der Waals surface area (Å²) >= 11 is 0. The molecule has 1 fully saturated rings. The average molecular weight is 224 g/mol. The van der Waals surface area contributed by atoms with Crippen molar-refractivity contribution in [1.82, 2.24) is 0 Å². The van der Waals surface area contributed by atoms with E-state index in [0.29, 0.717) is 0 Å². The van der Waals surface area contributed by atoms with Crippen molar-refractivity contribution in [2.75, 3.05) is 0 Å². The second kappa shape index (κ2) is 3.82. The summed E-state index contributed by atoms with van der Waals surface area (Å²) in [5.41, 5.74) is 0. The lowest BCUT2D eigenvalue weighted by Gasteiger charge is -2.42. The Hall–Kier alpha value is -0.0862. The van der Waals surface area contributed by atoms with Crippen LogP contribution in [0, 0.1) is 0 Å². The Labute approximate surface area is 91.1 Å². The molecule has 2 heteroatoms. The zero-order valence-corrected chi connectivity index (χ0v) is 12.6. The Morgan fingerprint density at radius 2 is 1.07 bits per heavy atom. The van der Waals surface area contributed by atoms with Gasteiger partial charge < -0.3 is 0 Å². The Morgan fingerprint density at radius 1 is 0.786 bits per heavy atom. The van der Waals surface area contributed by atoms with Gasteiger partial charge in [0.05, 0.1) is 16.1 Å². The highest BCUT2D eigenvalue weighted by atomic mass is 28.3. The molecule has 1 aliphatic heterocycles. The van der Waals surface area contributed by atoms with E-state index in [1.165, 1.54) is 12.1 Å². The third-order valence-corrected chi connectivity index (χ3v) is 11.5. The van der Waals surface area contributed by atoms with Gasteiger partial charge in [-0.1, -0.05) is 60.8 Å². The van der Waals surface area contributed by atoms with Crippen LogP contribution in [0.4, 0.5) is 0 Å². The molecule has 0 aliphatic carbocycles. The van der Waals surface area contributed by atoms with E-state index in [1.54, 1.807) is 10.4 Å². The third kappa shape index (κ3) is 1.96. The first-order valence-corrected chi connectivity index (χ1v) is 12.1. The summed E-state index contributed by atoms with van der Waals surface area (Å²) in [6, 6.07) is 3.01.